The van der Waals surface area contributed by atoms with Gasteiger partial charge >= 0.3 is 0 Å². The van der Waals surface area contributed by atoms with E-state index in [4.69, 9.17) is 4.74 Å². The minimum absolute atomic E-state index is 0.0335. The number of fused-ring (bicyclic) bond motifs is 1. The Hall–Kier alpha value is -0.940. The van der Waals surface area contributed by atoms with Crippen molar-refractivity contribution in [2.45, 2.75) is 12.5 Å². The van der Waals surface area contributed by atoms with Crippen LogP contribution in [0.5, 0.6) is 5.75 Å². The normalized spacial score (nSPS) is 18.6. The molecule has 0 saturated heterocycles. The number of para-hydroxylation sites is 1. The Morgan fingerprint density at radius 2 is 2.20 bits per heavy atom. The fourth-order valence-corrected chi connectivity index (χ4v) is 2.84. The zero-order chi connectivity index (χ0) is 10.3. The van der Waals surface area contributed by atoms with Crippen molar-refractivity contribution in [3.05, 3.63) is 38.8 Å². The Kier molecular flexibility index (Phi) is 2.21. The molecular formula is C10H7BrN2OS. The Balaban J connectivity index is 1.90. The van der Waals surface area contributed by atoms with Gasteiger partial charge in [0.25, 0.3) is 0 Å². The van der Waals surface area contributed by atoms with E-state index in [0.29, 0.717) is 0 Å². The molecule has 3 nitrogen and oxygen atoms in total. The summed E-state index contributed by atoms with van der Waals surface area (Å²) in [6.07, 6.45) is 0.920. The molecule has 1 aliphatic rings. The fraction of sp³-hybridized carbons (Fsp3) is 0.200. The number of benzene rings is 1. The monoisotopic (exact) mass is 282 g/mol. The van der Waals surface area contributed by atoms with E-state index < -0.39 is 0 Å². The topological polar surface area (TPSA) is 35.0 Å². The Morgan fingerprint density at radius 3 is 2.93 bits per heavy atom. The summed E-state index contributed by atoms with van der Waals surface area (Å²) in [7, 11) is 0. The van der Waals surface area contributed by atoms with Crippen LogP contribution in [-0.2, 0) is 6.42 Å². The molecule has 0 amide bonds. The lowest BCUT2D eigenvalue weighted by Gasteiger charge is -2.04. The van der Waals surface area contributed by atoms with Gasteiger partial charge in [-0.3, -0.25) is 0 Å². The fourth-order valence-electron chi connectivity index (χ4n) is 1.67. The predicted octanol–water partition coefficient (Wildman–Crippen LogP) is 2.98. The molecule has 0 aliphatic carbocycles. The van der Waals surface area contributed by atoms with E-state index >= 15 is 0 Å². The zero-order valence-electron chi connectivity index (χ0n) is 7.68. The number of aromatic nitrogens is 2. The van der Waals surface area contributed by atoms with Crippen LogP contribution in [0.15, 0.2) is 28.2 Å². The molecule has 0 radical (unpaired) electrons. The average Bonchev–Trinajstić information content (AvgIpc) is 2.82. The third-order valence-electron chi connectivity index (χ3n) is 2.34. The number of hydrogen-bond donors (Lipinski definition) is 0. The van der Waals surface area contributed by atoms with Crippen LogP contribution < -0.4 is 4.74 Å². The van der Waals surface area contributed by atoms with Gasteiger partial charge in [0.15, 0.2) is 15.0 Å². The van der Waals surface area contributed by atoms with Crippen molar-refractivity contribution in [2.24, 2.45) is 0 Å². The molecule has 1 atom stereocenters. The highest BCUT2D eigenvalue weighted by atomic mass is 79.9. The first-order chi connectivity index (χ1) is 7.33. The minimum atomic E-state index is 0.0335. The summed E-state index contributed by atoms with van der Waals surface area (Å²) < 4.78 is 6.60. The van der Waals surface area contributed by atoms with Crippen LogP contribution in [0.25, 0.3) is 0 Å². The predicted molar refractivity (Wildman–Crippen MR) is 61.1 cm³/mol. The highest BCUT2D eigenvalue weighted by molar-refractivity contribution is 9.11. The maximum atomic E-state index is 5.79. The van der Waals surface area contributed by atoms with Gasteiger partial charge in [0.05, 0.1) is 0 Å². The average molecular weight is 283 g/mol. The van der Waals surface area contributed by atoms with E-state index in [-0.39, 0.29) is 6.10 Å². The van der Waals surface area contributed by atoms with E-state index in [1.807, 2.05) is 18.2 Å². The summed E-state index contributed by atoms with van der Waals surface area (Å²) in [5.41, 5.74) is 1.24. The summed E-state index contributed by atoms with van der Waals surface area (Å²) in [6.45, 7) is 0. The second kappa shape index (κ2) is 3.57. The first-order valence-electron chi connectivity index (χ1n) is 4.56. The minimum Gasteiger partial charge on any atom is -0.483 e. The molecule has 0 saturated carbocycles. The number of rotatable bonds is 1. The van der Waals surface area contributed by atoms with E-state index in [2.05, 4.69) is 32.2 Å². The van der Waals surface area contributed by atoms with Crippen LogP contribution in [0, 0.1) is 0 Å². The molecule has 1 aromatic carbocycles. The van der Waals surface area contributed by atoms with E-state index in [1.165, 1.54) is 16.9 Å². The van der Waals surface area contributed by atoms with Crippen molar-refractivity contribution in [1.82, 2.24) is 10.2 Å². The number of hydrogen-bond acceptors (Lipinski definition) is 4. The molecule has 0 fully saturated rings. The highest BCUT2D eigenvalue weighted by Gasteiger charge is 2.26. The maximum Gasteiger partial charge on any atom is 0.183 e. The SMILES string of the molecule is Brc1nnc(C2Cc3ccccc3O2)s1. The summed E-state index contributed by atoms with van der Waals surface area (Å²) in [4.78, 5) is 0. The number of ether oxygens (including phenoxy) is 1. The van der Waals surface area contributed by atoms with Gasteiger partial charge in [-0.1, -0.05) is 29.5 Å². The van der Waals surface area contributed by atoms with Crippen LogP contribution >= 0.6 is 27.3 Å². The van der Waals surface area contributed by atoms with E-state index in [0.717, 1.165) is 21.1 Å². The molecule has 1 aliphatic heterocycles. The van der Waals surface area contributed by atoms with Crippen LogP contribution in [0.3, 0.4) is 0 Å². The van der Waals surface area contributed by atoms with Crippen LogP contribution in [0.2, 0.25) is 0 Å². The van der Waals surface area contributed by atoms with Gasteiger partial charge in [0.1, 0.15) is 5.75 Å². The van der Waals surface area contributed by atoms with E-state index in [9.17, 15) is 0 Å². The van der Waals surface area contributed by atoms with Gasteiger partial charge in [0.2, 0.25) is 0 Å². The highest BCUT2D eigenvalue weighted by Crippen LogP contribution is 2.37. The molecule has 2 aromatic rings. The molecule has 76 valence electrons. The van der Waals surface area contributed by atoms with Crippen molar-refractivity contribution in [1.29, 1.82) is 0 Å². The molecule has 15 heavy (non-hydrogen) atoms. The molecule has 0 bridgehead atoms. The molecule has 1 aromatic heterocycles. The lowest BCUT2D eigenvalue weighted by molar-refractivity contribution is 0.237. The summed E-state index contributed by atoms with van der Waals surface area (Å²) in [6, 6.07) is 8.09. The van der Waals surface area contributed by atoms with Crippen LogP contribution in [0.1, 0.15) is 16.7 Å². The van der Waals surface area contributed by atoms with Crippen molar-refractivity contribution in [3.63, 3.8) is 0 Å². The van der Waals surface area contributed by atoms with Gasteiger partial charge in [-0.2, -0.15) is 0 Å². The quantitative estimate of drug-likeness (QED) is 0.807. The number of nitrogens with zero attached hydrogens (tertiary/aromatic N) is 2. The van der Waals surface area contributed by atoms with Crippen molar-refractivity contribution < 1.29 is 4.74 Å². The lowest BCUT2D eigenvalue weighted by Crippen LogP contribution is -2.02. The number of halogens is 1. The van der Waals surface area contributed by atoms with Crippen molar-refractivity contribution in [2.75, 3.05) is 0 Å². The van der Waals surface area contributed by atoms with Gasteiger partial charge in [-0.15, -0.1) is 10.2 Å². The Morgan fingerprint density at radius 1 is 1.33 bits per heavy atom. The first kappa shape index (κ1) is 9.30. The van der Waals surface area contributed by atoms with Gasteiger partial charge in [0, 0.05) is 6.42 Å². The summed E-state index contributed by atoms with van der Waals surface area (Å²) in [5.74, 6) is 0.967. The van der Waals surface area contributed by atoms with Crippen LogP contribution in [0.4, 0.5) is 0 Å². The molecular weight excluding hydrogens is 276 g/mol. The van der Waals surface area contributed by atoms with Gasteiger partial charge in [-0.25, -0.2) is 0 Å². The molecule has 3 rings (SSSR count). The van der Waals surface area contributed by atoms with Crippen LogP contribution in [-0.4, -0.2) is 10.2 Å². The Labute approximate surface area is 99.2 Å². The second-order valence-corrected chi connectivity index (χ2v) is 5.60. The van der Waals surface area contributed by atoms with Gasteiger partial charge < -0.3 is 4.74 Å². The van der Waals surface area contributed by atoms with Gasteiger partial charge in [-0.05, 0) is 27.6 Å². The molecule has 0 spiro atoms. The standard InChI is InChI=1S/C10H7BrN2OS/c11-10-13-12-9(15-10)8-5-6-3-1-2-4-7(6)14-8/h1-4,8H,5H2. The third kappa shape index (κ3) is 1.66. The maximum absolute atomic E-state index is 5.79. The second-order valence-electron chi connectivity index (χ2n) is 3.31. The molecule has 5 heteroatoms. The third-order valence-corrected chi connectivity index (χ3v) is 3.79. The summed E-state index contributed by atoms with van der Waals surface area (Å²) in [5, 5.41) is 8.94. The lowest BCUT2D eigenvalue weighted by atomic mass is 10.1. The molecule has 2 heterocycles. The first-order valence-corrected chi connectivity index (χ1v) is 6.17. The van der Waals surface area contributed by atoms with Crippen molar-refractivity contribution >= 4 is 27.3 Å². The zero-order valence-corrected chi connectivity index (χ0v) is 10.1. The molecule has 0 N–H and O–H groups in total. The van der Waals surface area contributed by atoms with Crippen molar-refractivity contribution in [3.8, 4) is 5.75 Å². The smallest absolute Gasteiger partial charge is 0.183 e. The Bertz CT molecular complexity index is 475. The largest absolute Gasteiger partial charge is 0.483 e. The van der Waals surface area contributed by atoms with E-state index in [1.54, 1.807) is 0 Å². The molecule has 1 unspecified atom stereocenters. The summed E-state index contributed by atoms with van der Waals surface area (Å²) >= 11 is 4.83.